The second kappa shape index (κ2) is 7.96. The van der Waals surface area contributed by atoms with Gasteiger partial charge in [0.05, 0.1) is 13.2 Å². The maximum Gasteiger partial charge on any atom is 0.334 e. The van der Waals surface area contributed by atoms with Gasteiger partial charge in [0.2, 0.25) is 5.91 Å². The van der Waals surface area contributed by atoms with E-state index in [9.17, 15) is 9.59 Å². The number of para-hydroxylation sites is 1. The molecule has 0 saturated heterocycles. The van der Waals surface area contributed by atoms with E-state index >= 15 is 0 Å². The highest BCUT2D eigenvalue weighted by atomic mass is 16.5. The van der Waals surface area contributed by atoms with Gasteiger partial charge in [-0.3, -0.25) is 4.79 Å². The molecule has 0 spiro atoms. The molecular weight excluding hydrogens is 262 g/mol. The molecule has 0 heterocycles. The molecule has 0 bridgehead atoms. The van der Waals surface area contributed by atoms with E-state index in [-0.39, 0.29) is 6.54 Å². The Kier molecular flexibility index (Phi) is 6.25. The van der Waals surface area contributed by atoms with Crippen molar-refractivity contribution in [1.82, 2.24) is 5.32 Å². The third kappa shape index (κ3) is 5.11. The highest BCUT2D eigenvalue weighted by Gasteiger charge is 2.12. The van der Waals surface area contributed by atoms with Crippen LogP contribution in [0.25, 0.3) is 6.08 Å². The molecule has 20 heavy (non-hydrogen) atoms. The van der Waals surface area contributed by atoms with Gasteiger partial charge in [0.15, 0.2) is 6.10 Å². The van der Waals surface area contributed by atoms with Crippen LogP contribution in [0.3, 0.4) is 0 Å². The molecule has 0 unspecified atom stereocenters. The number of hydrogen-bond acceptors (Lipinski definition) is 4. The van der Waals surface area contributed by atoms with Crippen molar-refractivity contribution >= 4 is 18.0 Å². The van der Waals surface area contributed by atoms with Crippen LogP contribution >= 0.6 is 0 Å². The minimum Gasteiger partial charge on any atom is -0.493 e. The van der Waals surface area contributed by atoms with Gasteiger partial charge in [0, 0.05) is 11.6 Å². The number of aliphatic hydroxyl groups is 1. The first kappa shape index (κ1) is 15.7. The minimum atomic E-state index is -1.61. The molecule has 0 radical (unpaired) electrons. The van der Waals surface area contributed by atoms with Crippen LogP contribution in [-0.2, 0) is 9.59 Å². The Hall–Kier alpha value is -2.34. The van der Waals surface area contributed by atoms with Crippen LogP contribution in [0.5, 0.6) is 5.75 Å². The van der Waals surface area contributed by atoms with Crippen molar-refractivity contribution in [2.75, 3.05) is 13.2 Å². The van der Waals surface area contributed by atoms with E-state index in [2.05, 4.69) is 5.32 Å². The fraction of sp³-hybridized carbons (Fsp3) is 0.286. The summed E-state index contributed by atoms with van der Waals surface area (Å²) in [6, 6.07) is 7.22. The number of aliphatic hydroxyl groups excluding tert-OH is 1. The van der Waals surface area contributed by atoms with E-state index in [4.69, 9.17) is 14.9 Å². The van der Waals surface area contributed by atoms with Crippen molar-refractivity contribution in [1.29, 1.82) is 0 Å². The Morgan fingerprint density at radius 1 is 1.40 bits per heavy atom. The molecule has 108 valence electrons. The Labute approximate surface area is 116 Å². The Morgan fingerprint density at radius 3 is 2.75 bits per heavy atom. The van der Waals surface area contributed by atoms with E-state index < -0.39 is 18.0 Å². The molecule has 6 nitrogen and oxygen atoms in total. The fourth-order valence-electron chi connectivity index (χ4n) is 1.41. The molecule has 1 rings (SSSR count). The van der Waals surface area contributed by atoms with Crippen LogP contribution in [0, 0.1) is 0 Å². The smallest absolute Gasteiger partial charge is 0.334 e. The summed E-state index contributed by atoms with van der Waals surface area (Å²) in [6.07, 6.45) is 1.21. The SMILES string of the molecule is CCOc1ccccc1/C=C/C(=O)NC[C@H](O)C(=O)O. The number of hydrogen-bond donors (Lipinski definition) is 3. The topological polar surface area (TPSA) is 95.9 Å². The molecule has 1 aromatic carbocycles. The van der Waals surface area contributed by atoms with Crippen LogP contribution in [0.2, 0.25) is 0 Å². The van der Waals surface area contributed by atoms with Gasteiger partial charge in [-0.1, -0.05) is 18.2 Å². The molecule has 3 N–H and O–H groups in total. The largest absolute Gasteiger partial charge is 0.493 e. The number of carboxylic acids is 1. The summed E-state index contributed by atoms with van der Waals surface area (Å²) in [5.41, 5.74) is 0.739. The van der Waals surface area contributed by atoms with E-state index in [1.54, 1.807) is 18.2 Å². The Bertz CT molecular complexity index is 498. The average molecular weight is 279 g/mol. The van der Waals surface area contributed by atoms with Gasteiger partial charge in [-0.2, -0.15) is 0 Å². The van der Waals surface area contributed by atoms with Gasteiger partial charge in [0.1, 0.15) is 5.75 Å². The number of carboxylic acid groups (broad SMARTS) is 1. The second-order valence-corrected chi connectivity index (χ2v) is 3.90. The van der Waals surface area contributed by atoms with Gasteiger partial charge >= 0.3 is 5.97 Å². The van der Waals surface area contributed by atoms with Crippen LogP contribution in [0.4, 0.5) is 0 Å². The van der Waals surface area contributed by atoms with Crippen molar-refractivity contribution in [3.05, 3.63) is 35.9 Å². The number of ether oxygens (including phenoxy) is 1. The molecular formula is C14H17NO5. The summed E-state index contributed by atoms with van der Waals surface area (Å²) in [4.78, 5) is 21.8. The number of benzene rings is 1. The summed E-state index contributed by atoms with van der Waals surface area (Å²) in [5, 5.41) is 19.8. The summed E-state index contributed by atoms with van der Waals surface area (Å²) in [6.45, 7) is 2.04. The zero-order valence-electron chi connectivity index (χ0n) is 11.1. The van der Waals surface area contributed by atoms with E-state index in [1.165, 1.54) is 6.08 Å². The third-order valence-corrected chi connectivity index (χ3v) is 2.39. The molecule has 1 amide bonds. The molecule has 0 aliphatic rings. The molecule has 0 aromatic heterocycles. The molecule has 0 saturated carbocycles. The lowest BCUT2D eigenvalue weighted by atomic mass is 10.2. The average Bonchev–Trinajstić information content (AvgIpc) is 2.44. The summed E-state index contributed by atoms with van der Waals surface area (Å²) in [5.74, 6) is -1.21. The highest BCUT2D eigenvalue weighted by Crippen LogP contribution is 2.19. The lowest BCUT2D eigenvalue weighted by Crippen LogP contribution is -2.35. The Balaban J connectivity index is 2.59. The quantitative estimate of drug-likeness (QED) is 0.637. The van der Waals surface area contributed by atoms with E-state index in [0.717, 1.165) is 5.56 Å². The van der Waals surface area contributed by atoms with Crippen molar-refractivity contribution < 1.29 is 24.5 Å². The van der Waals surface area contributed by atoms with E-state index in [1.807, 2.05) is 19.1 Å². The normalized spacial score (nSPS) is 12.1. The van der Waals surface area contributed by atoms with Crippen LogP contribution < -0.4 is 10.1 Å². The monoisotopic (exact) mass is 279 g/mol. The van der Waals surface area contributed by atoms with Crippen LogP contribution in [0.1, 0.15) is 12.5 Å². The maximum absolute atomic E-state index is 11.5. The van der Waals surface area contributed by atoms with Crippen LogP contribution in [-0.4, -0.2) is 41.3 Å². The standard InChI is InChI=1S/C14H17NO5/c1-2-20-12-6-4-3-5-10(12)7-8-13(17)15-9-11(16)14(18)19/h3-8,11,16H,2,9H2,1H3,(H,15,17)(H,18,19)/b8-7+/t11-/m0/s1. The van der Waals surface area contributed by atoms with E-state index in [0.29, 0.717) is 12.4 Å². The molecule has 0 aliphatic carbocycles. The summed E-state index contributed by atoms with van der Waals surface area (Å²) >= 11 is 0. The fourth-order valence-corrected chi connectivity index (χ4v) is 1.41. The van der Waals surface area contributed by atoms with Crippen LogP contribution in [0.15, 0.2) is 30.3 Å². The minimum absolute atomic E-state index is 0.342. The van der Waals surface area contributed by atoms with Gasteiger partial charge in [-0.05, 0) is 19.1 Å². The van der Waals surface area contributed by atoms with Gasteiger partial charge in [-0.15, -0.1) is 0 Å². The van der Waals surface area contributed by atoms with Crippen molar-refractivity contribution in [3.63, 3.8) is 0 Å². The first-order chi connectivity index (χ1) is 9.54. The number of nitrogens with one attached hydrogen (secondary N) is 1. The predicted molar refractivity (Wildman–Crippen MR) is 73.3 cm³/mol. The highest BCUT2D eigenvalue weighted by molar-refractivity contribution is 5.92. The molecule has 6 heteroatoms. The molecule has 1 aromatic rings. The van der Waals surface area contributed by atoms with Gasteiger partial charge < -0.3 is 20.3 Å². The predicted octanol–water partition coefficient (Wildman–Crippen LogP) is 0.660. The second-order valence-electron chi connectivity index (χ2n) is 3.90. The zero-order valence-corrected chi connectivity index (χ0v) is 11.1. The lowest BCUT2D eigenvalue weighted by Gasteiger charge is -2.07. The first-order valence-corrected chi connectivity index (χ1v) is 6.13. The number of carbonyl (C=O) groups is 2. The molecule has 1 atom stereocenters. The number of aliphatic carboxylic acids is 1. The van der Waals surface area contributed by atoms with Crippen molar-refractivity contribution in [2.45, 2.75) is 13.0 Å². The van der Waals surface area contributed by atoms with Gasteiger partial charge in [0.25, 0.3) is 0 Å². The van der Waals surface area contributed by atoms with Crippen molar-refractivity contribution in [2.24, 2.45) is 0 Å². The maximum atomic E-state index is 11.5. The zero-order chi connectivity index (χ0) is 15.0. The number of amides is 1. The summed E-state index contributed by atoms with van der Waals surface area (Å²) < 4.78 is 5.40. The summed E-state index contributed by atoms with van der Waals surface area (Å²) in [7, 11) is 0. The van der Waals surface area contributed by atoms with Crippen molar-refractivity contribution in [3.8, 4) is 5.75 Å². The Morgan fingerprint density at radius 2 is 2.10 bits per heavy atom. The first-order valence-electron chi connectivity index (χ1n) is 6.13. The van der Waals surface area contributed by atoms with Gasteiger partial charge in [-0.25, -0.2) is 4.79 Å². The lowest BCUT2D eigenvalue weighted by molar-refractivity contribution is -0.146. The number of carbonyl (C=O) groups excluding carboxylic acids is 1. The molecule has 0 fully saturated rings. The molecule has 0 aliphatic heterocycles. The third-order valence-electron chi connectivity index (χ3n) is 2.39. The number of rotatable bonds is 7.